The number of carbonyl (C=O) groups is 2. The minimum atomic E-state index is -1.63. The van der Waals surface area contributed by atoms with Gasteiger partial charge in [0.1, 0.15) is 0 Å². The Hall–Kier alpha value is -0.940. The van der Waals surface area contributed by atoms with Crippen molar-refractivity contribution in [3.63, 3.8) is 0 Å². The molecule has 0 aromatic carbocycles. The van der Waals surface area contributed by atoms with Crippen LogP contribution in [0.4, 0.5) is 0 Å². The van der Waals surface area contributed by atoms with Crippen molar-refractivity contribution in [2.45, 2.75) is 52.1 Å². The molecule has 0 amide bonds. The van der Waals surface area contributed by atoms with E-state index in [2.05, 4.69) is 18.6 Å². The zero-order valence-corrected chi connectivity index (χ0v) is 10.5. The summed E-state index contributed by atoms with van der Waals surface area (Å²) in [5.41, 5.74) is 0. The quantitative estimate of drug-likeness (QED) is 0.379. The second-order valence-corrected chi connectivity index (χ2v) is 4.48. The van der Waals surface area contributed by atoms with E-state index in [1.54, 1.807) is 0 Å². The highest BCUT2D eigenvalue weighted by molar-refractivity contribution is 5.87. The first-order chi connectivity index (χ1) is 7.97. The van der Waals surface area contributed by atoms with Crippen LogP contribution in [0.2, 0.25) is 0 Å². The van der Waals surface area contributed by atoms with Crippen LogP contribution in [0.1, 0.15) is 46.0 Å². The maximum absolute atomic E-state index is 11.1. The average Bonchev–Trinajstić information content (AvgIpc) is 2.26. The van der Waals surface area contributed by atoms with E-state index < -0.39 is 24.6 Å². The van der Waals surface area contributed by atoms with Crippen LogP contribution in [0.5, 0.6) is 0 Å². The van der Waals surface area contributed by atoms with Gasteiger partial charge in [-0.1, -0.05) is 33.1 Å². The molecule has 0 aliphatic carbocycles. The molecule has 2 N–H and O–H groups in total. The lowest BCUT2D eigenvalue weighted by molar-refractivity contribution is -0.167. The third kappa shape index (κ3) is 8.83. The van der Waals surface area contributed by atoms with Crippen molar-refractivity contribution in [1.29, 1.82) is 0 Å². The third-order valence-electron chi connectivity index (χ3n) is 2.32. The SMILES string of the molecule is CC(C)CCCCCC(=O)OC(=O)C(O)CO. The minimum Gasteiger partial charge on any atom is -0.393 e. The molecule has 0 radical (unpaired) electrons. The van der Waals surface area contributed by atoms with Crippen molar-refractivity contribution < 1.29 is 24.5 Å². The van der Waals surface area contributed by atoms with Gasteiger partial charge in [-0.25, -0.2) is 4.79 Å². The topological polar surface area (TPSA) is 83.8 Å². The van der Waals surface area contributed by atoms with E-state index >= 15 is 0 Å². The Kier molecular flexibility index (Phi) is 8.62. The van der Waals surface area contributed by atoms with Gasteiger partial charge in [-0.3, -0.25) is 4.79 Å². The Morgan fingerprint density at radius 2 is 1.82 bits per heavy atom. The van der Waals surface area contributed by atoms with Crippen molar-refractivity contribution in [2.24, 2.45) is 5.92 Å². The van der Waals surface area contributed by atoms with Gasteiger partial charge in [0.2, 0.25) is 0 Å². The Balaban J connectivity index is 3.56. The van der Waals surface area contributed by atoms with Crippen LogP contribution in [-0.4, -0.2) is 34.9 Å². The maximum atomic E-state index is 11.1. The number of esters is 2. The zero-order valence-electron chi connectivity index (χ0n) is 10.5. The number of hydrogen-bond acceptors (Lipinski definition) is 5. The molecule has 0 saturated heterocycles. The number of ether oxygens (including phenoxy) is 1. The molecular weight excluding hydrogens is 224 g/mol. The summed E-state index contributed by atoms with van der Waals surface area (Å²) in [6, 6.07) is 0. The van der Waals surface area contributed by atoms with Crippen LogP contribution < -0.4 is 0 Å². The molecule has 0 spiro atoms. The fourth-order valence-electron chi connectivity index (χ4n) is 1.30. The molecule has 17 heavy (non-hydrogen) atoms. The molecule has 0 aliphatic heterocycles. The molecule has 0 aromatic heterocycles. The number of carbonyl (C=O) groups excluding carboxylic acids is 2. The lowest BCUT2D eigenvalue weighted by Crippen LogP contribution is -2.28. The normalized spacial score (nSPS) is 12.5. The molecule has 0 heterocycles. The van der Waals surface area contributed by atoms with E-state index in [4.69, 9.17) is 10.2 Å². The minimum absolute atomic E-state index is 0.169. The van der Waals surface area contributed by atoms with Crippen molar-refractivity contribution >= 4 is 11.9 Å². The molecule has 0 fully saturated rings. The highest BCUT2D eigenvalue weighted by Gasteiger charge is 2.18. The lowest BCUT2D eigenvalue weighted by Gasteiger charge is -2.06. The number of hydrogen-bond donors (Lipinski definition) is 2. The van der Waals surface area contributed by atoms with Gasteiger partial charge >= 0.3 is 11.9 Å². The van der Waals surface area contributed by atoms with Crippen LogP contribution >= 0.6 is 0 Å². The fourth-order valence-corrected chi connectivity index (χ4v) is 1.30. The van der Waals surface area contributed by atoms with Gasteiger partial charge < -0.3 is 14.9 Å². The summed E-state index contributed by atoms with van der Waals surface area (Å²) in [6.07, 6.45) is 2.31. The first-order valence-electron chi connectivity index (χ1n) is 6.00. The van der Waals surface area contributed by atoms with Crippen molar-refractivity contribution in [2.75, 3.05) is 6.61 Å². The summed E-state index contributed by atoms with van der Waals surface area (Å²) >= 11 is 0. The predicted molar refractivity (Wildman–Crippen MR) is 62.1 cm³/mol. The molecule has 1 atom stereocenters. The summed E-state index contributed by atoms with van der Waals surface area (Å²) < 4.78 is 4.34. The number of aliphatic hydroxyl groups excluding tert-OH is 2. The molecule has 1 unspecified atom stereocenters. The fraction of sp³-hybridized carbons (Fsp3) is 0.833. The summed E-state index contributed by atoms with van der Waals surface area (Å²) in [6.45, 7) is 3.55. The van der Waals surface area contributed by atoms with Gasteiger partial charge in [0.25, 0.3) is 0 Å². The van der Waals surface area contributed by atoms with E-state index in [-0.39, 0.29) is 6.42 Å². The summed E-state index contributed by atoms with van der Waals surface area (Å²) in [5.74, 6) is -1.07. The van der Waals surface area contributed by atoms with Crippen molar-refractivity contribution in [1.82, 2.24) is 0 Å². The van der Waals surface area contributed by atoms with Crippen LogP contribution in [0.15, 0.2) is 0 Å². The van der Waals surface area contributed by atoms with E-state index in [1.165, 1.54) is 0 Å². The Morgan fingerprint density at radius 1 is 1.18 bits per heavy atom. The number of rotatable bonds is 8. The van der Waals surface area contributed by atoms with Gasteiger partial charge in [-0.15, -0.1) is 0 Å². The molecule has 0 rings (SSSR count). The first kappa shape index (κ1) is 16.1. The van der Waals surface area contributed by atoms with Crippen LogP contribution in [0, 0.1) is 5.92 Å². The zero-order chi connectivity index (χ0) is 13.3. The van der Waals surface area contributed by atoms with E-state index in [1.807, 2.05) is 0 Å². The van der Waals surface area contributed by atoms with Gasteiger partial charge in [-0.05, 0) is 12.3 Å². The highest BCUT2D eigenvalue weighted by Crippen LogP contribution is 2.09. The molecule has 5 heteroatoms. The predicted octanol–water partition coefficient (Wildman–Crippen LogP) is 1.02. The number of unbranched alkanes of at least 4 members (excludes halogenated alkanes) is 2. The third-order valence-corrected chi connectivity index (χ3v) is 2.32. The average molecular weight is 246 g/mol. The van der Waals surface area contributed by atoms with E-state index in [9.17, 15) is 9.59 Å². The highest BCUT2D eigenvalue weighted by atomic mass is 16.6. The monoisotopic (exact) mass is 246 g/mol. The van der Waals surface area contributed by atoms with Gasteiger partial charge in [0.15, 0.2) is 6.10 Å². The van der Waals surface area contributed by atoms with Crippen LogP contribution in [0.3, 0.4) is 0 Å². The largest absolute Gasteiger partial charge is 0.393 e. The van der Waals surface area contributed by atoms with E-state index in [0.29, 0.717) is 12.3 Å². The Bertz CT molecular complexity index is 237. The van der Waals surface area contributed by atoms with Crippen LogP contribution in [-0.2, 0) is 14.3 Å². The summed E-state index contributed by atoms with van der Waals surface area (Å²) in [7, 11) is 0. The molecule has 0 bridgehead atoms. The molecule has 0 saturated carbocycles. The maximum Gasteiger partial charge on any atom is 0.345 e. The molecular formula is C12H22O5. The van der Waals surface area contributed by atoms with Gasteiger partial charge in [0, 0.05) is 6.42 Å². The lowest BCUT2D eigenvalue weighted by atomic mass is 10.0. The first-order valence-corrected chi connectivity index (χ1v) is 6.00. The second-order valence-electron chi connectivity index (χ2n) is 4.48. The van der Waals surface area contributed by atoms with Crippen LogP contribution in [0.25, 0.3) is 0 Å². The van der Waals surface area contributed by atoms with Crippen molar-refractivity contribution in [3.05, 3.63) is 0 Å². The smallest absolute Gasteiger partial charge is 0.345 e. The Morgan fingerprint density at radius 3 is 2.35 bits per heavy atom. The molecule has 0 aromatic rings. The summed E-state index contributed by atoms with van der Waals surface area (Å²) in [5, 5.41) is 17.3. The number of aliphatic hydroxyl groups is 2. The molecule has 5 nitrogen and oxygen atoms in total. The standard InChI is InChI=1S/C12H22O5/c1-9(2)6-4-3-5-7-11(15)17-12(16)10(14)8-13/h9-10,13-14H,3-8H2,1-2H3. The molecule has 0 aliphatic rings. The van der Waals surface area contributed by atoms with Gasteiger partial charge in [-0.2, -0.15) is 0 Å². The Labute approximate surface area is 102 Å². The van der Waals surface area contributed by atoms with Crippen molar-refractivity contribution in [3.8, 4) is 0 Å². The van der Waals surface area contributed by atoms with E-state index in [0.717, 1.165) is 19.3 Å². The second kappa shape index (κ2) is 9.13. The van der Waals surface area contributed by atoms with Gasteiger partial charge in [0.05, 0.1) is 6.61 Å². The molecule has 100 valence electrons. The summed E-state index contributed by atoms with van der Waals surface area (Å²) in [4.78, 5) is 22.0.